The molecule has 0 bridgehead atoms. The maximum absolute atomic E-state index is 14.2. The van der Waals surface area contributed by atoms with Crippen molar-refractivity contribution in [2.75, 3.05) is 34.0 Å². The second-order valence-corrected chi connectivity index (χ2v) is 16.1. The molecule has 3 aliphatic rings. The first-order valence-electron chi connectivity index (χ1n) is 21.1. The fourth-order valence-electron chi connectivity index (χ4n) is 7.64. The molecule has 70 heavy (non-hydrogen) atoms. The third-order valence-corrected chi connectivity index (χ3v) is 11.5. The van der Waals surface area contributed by atoms with Crippen LogP contribution in [0.1, 0.15) is 5.56 Å². The van der Waals surface area contributed by atoms with E-state index in [0.29, 0.717) is 5.56 Å². The summed E-state index contributed by atoms with van der Waals surface area (Å²) in [4.78, 5) is 27.0. The van der Waals surface area contributed by atoms with E-state index in [1.807, 2.05) is 0 Å². The number of rotatable bonds is 15. The van der Waals surface area contributed by atoms with Crippen LogP contribution in [0.4, 0.5) is 0 Å². The van der Waals surface area contributed by atoms with Crippen LogP contribution in [-0.2, 0) is 23.7 Å². The molecule has 4 heterocycles. The average molecular weight is 995 g/mol. The topological polar surface area (TPSA) is 414 Å². The van der Waals surface area contributed by atoms with Crippen molar-refractivity contribution in [3.8, 4) is 57.3 Å². The first-order chi connectivity index (χ1) is 33.3. The average Bonchev–Trinajstić information content (AvgIpc) is 3.34. The van der Waals surface area contributed by atoms with Crippen molar-refractivity contribution < 1.29 is 123 Å². The molecule has 3 aromatic carbocycles. The molecule has 15 atom stereocenters. The van der Waals surface area contributed by atoms with Gasteiger partial charge < -0.3 is 119 Å². The van der Waals surface area contributed by atoms with Gasteiger partial charge in [0.2, 0.25) is 35.8 Å². The number of aromatic hydroxyl groups is 3. The quantitative estimate of drug-likeness (QED) is 0.0404. The van der Waals surface area contributed by atoms with Crippen molar-refractivity contribution in [1.82, 2.24) is 0 Å². The summed E-state index contributed by atoms with van der Waals surface area (Å²) in [7, 11) is 2.59. The molecule has 0 unspecified atom stereocenters. The normalized spacial score (nSPS) is 31.3. The van der Waals surface area contributed by atoms with Gasteiger partial charge >= 0.3 is 5.97 Å². The molecule has 7 rings (SSSR count). The zero-order valence-electron chi connectivity index (χ0n) is 36.6. The van der Waals surface area contributed by atoms with Crippen LogP contribution >= 0.6 is 0 Å². The van der Waals surface area contributed by atoms with Gasteiger partial charge in [-0.15, -0.1) is 0 Å². The van der Waals surface area contributed by atoms with E-state index in [-0.39, 0.29) is 22.8 Å². The minimum atomic E-state index is -2.11. The van der Waals surface area contributed by atoms with Crippen LogP contribution in [0.15, 0.2) is 57.8 Å². The molecule has 0 spiro atoms. The molecular weight excluding hydrogens is 944 g/mol. The van der Waals surface area contributed by atoms with Gasteiger partial charge in [0.1, 0.15) is 102 Å². The third kappa shape index (κ3) is 10.4. The predicted molar refractivity (Wildman–Crippen MR) is 229 cm³/mol. The first-order valence-corrected chi connectivity index (χ1v) is 21.1. The van der Waals surface area contributed by atoms with Crippen molar-refractivity contribution in [2.24, 2.45) is 0 Å². The van der Waals surface area contributed by atoms with E-state index in [1.165, 1.54) is 32.4 Å². The van der Waals surface area contributed by atoms with Gasteiger partial charge in [0.05, 0.1) is 27.4 Å². The Kier molecular flexibility index (Phi) is 15.9. The van der Waals surface area contributed by atoms with Crippen molar-refractivity contribution in [3.63, 3.8) is 0 Å². The van der Waals surface area contributed by atoms with Gasteiger partial charge in [-0.05, 0) is 42.0 Å². The van der Waals surface area contributed by atoms with Crippen LogP contribution in [0.2, 0.25) is 0 Å². The molecular formula is C44H50O26. The van der Waals surface area contributed by atoms with E-state index in [0.717, 1.165) is 36.4 Å². The number of fused-ring (bicyclic) bond motifs is 1. The zero-order valence-corrected chi connectivity index (χ0v) is 36.6. The Bertz CT molecular complexity index is 2550. The maximum atomic E-state index is 14.2. The van der Waals surface area contributed by atoms with Crippen molar-refractivity contribution >= 4 is 23.0 Å². The monoisotopic (exact) mass is 994 g/mol. The predicted octanol–water partition coefficient (Wildman–Crippen LogP) is -3.61. The van der Waals surface area contributed by atoms with Gasteiger partial charge in [-0.25, -0.2) is 4.79 Å². The van der Waals surface area contributed by atoms with E-state index in [9.17, 15) is 81.1 Å². The molecule has 1 aromatic heterocycles. The van der Waals surface area contributed by atoms with Crippen LogP contribution in [0.25, 0.3) is 28.4 Å². The SMILES string of the molecule is COc1cc(C=CC(=O)OC[C@H]2O[C@@H](Oc3cc(-c4oc5cc(O)cc(O)c5c(=O)c4O[C@@H]4O[C@H](CO)[C@@H](O)[C@@H](O)[C@@H]4O)ccc3O[C@H]3O[C@H](CO)[C@H](O)[C@H](O)[C@@H]3O)[C@H](O)[C@@H](O)[C@H]2O)cc(OC)c1O. The smallest absolute Gasteiger partial charge is 0.330 e. The summed E-state index contributed by atoms with van der Waals surface area (Å²) in [5.41, 5.74) is -1.56. The largest absolute Gasteiger partial charge is 0.508 e. The highest BCUT2D eigenvalue weighted by Gasteiger charge is 2.48. The number of carbonyl (C=O) groups excluding carboxylic acids is 1. The second kappa shape index (κ2) is 21.5. The molecule has 0 aliphatic carbocycles. The van der Waals surface area contributed by atoms with Crippen LogP contribution in [0.5, 0.6) is 46.0 Å². The summed E-state index contributed by atoms with van der Waals surface area (Å²) in [6.45, 7) is -2.53. The Balaban J connectivity index is 1.25. The van der Waals surface area contributed by atoms with Crippen molar-refractivity contribution in [1.29, 1.82) is 0 Å². The van der Waals surface area contributed by atoms with Crippen LogP contribution < -0.4 is 29.1 Å². The lowest BCUT2D eigenvalue weighted by Gasteiger charge is -2.41. The molecule has 3 fully saturated rings. The summed E-state index contributed by atoms with van der Waals surface area (Å²) in [5.74, 6) is -5.11. The number of aliphatic hydroxyl groups excluding tert-OH is 11. The molecule has 26 nitrogen and oxygen atoms in total. The maximum Gasteiger partial charge on any atom is 0.330 e. The number of carbonyl (C=O) groups is 1. The summed E-state index contributed by atoms with van der Waals surface area (Å²) >= 11 is 0. The summed E-state index contributed by atoms with van der Waals surface area (Å²) in [5, 5.41) is 147. The zero-order chi connectivity index (χ0) is 50.9. The highest BCUT2D eigenvalue weighted by atomic mass is 16.7. The van der Waals surface area contributed by atoms with E-state index in [1.54, 1.807) is 0 Å². The number of aliphatic hydroxyl groups is 11. The Morgan fingerprint density at radius 1 is 0.614 bits per heavy atom. The van der Waals surface area contributed by atoms with Gasteiger partial charge in [-0.2, -0.15) is 0 Å². The van der Waals surface area contributed by atoms with Crippen LogP contribution in [-0.4, -0.2) is 204 Å². The van der Waals surface area contributed by atoms with E-state index in [2.05, 4.69) is 0 Å². The molecule has 0 amide bonds. The number of hydrogen-bond acceptors (Lipinski definition) is 26. The van der Waals surface area contributed by atoms with Crippen molar-refractivity contribution in [3.05, 3.63) is 64.3 Å². The number of benzene rings is 3. The molecule has 0 saturated carbocycles. The van der Waals surface area contributed by atoms with Crippen LogP contribution in [0, 0.1) is 0 Å². The summed E-state index contributed by atoms with van der Waals surface area (Å²) in [6.07, 6.45) is -26.1. The van der Waals surface area contributed by atoms with Gasteiger partial charge in [-0.3, -0.25) is 4.79 Å². The number of phenolic OH excluding ortho intramolecular Hbond substituents is 3. The summed E-state index contributed by atoms with van der Waals surface area (Å²) in [6, 6.07) is 7.73. The molecule has 3 saturated heterocycles. The van der Waals surface area contributed by atoms with E-state index >= 15 is 0 Å². The number of ether oxygens (including phenoxy) is 9. The highest BCUT2D eigenvalue weighted by molar-refractivity contribution is 5.89. The lowest BCUT2D eigenvalue weighted by Crippen LogP contribution is -2.60. The Morgan fingerprint density at radius 2 is 1.13 bits per heavy atom. The van der Waals surface area contributed by atoms with Gasteiger partial charge in [0.15, 0.2) is 28.8 Å². The first kappa shape index (κ1) is 51.8. The lowest BCUT2D eigenvalue weighted by atomic mass is 9.99. The molecule has 382 valence electrons. The van der Waals surface area contributed by atoms with Gasteiger partial charge in [-0.1, -0.05) is 0 Å². The molecule has 4 aromatic rings. The fraction of sp³-hybridized carbons (Fsp3) is 0.455. The van der Waals surface area contributed by atoms with E-state index < -0.39 is 169 Å². The number of esters is 1. The third-order valence-electron chi connectivity index (χ3n) is 11.5. The molecule has 0 radical (unpaired) electrons. The standard InChI is InChI=1S/C44H50O26/c1-61-22-7-15(8-23(62-2)29(22)50)3-6-27(49)63-14-26-32(53)36(57)38(59)43(69-26)66-20-9-16(4-5-19(20)65-42-37(58)34(55)30(51)24(12-45)67-42)40-41(33(54)28-18(48)10-17(47)11-21(28)64-40)70-44-39(60)35(56)31(52)25(13-46)68-44/h3-11,24-26,30-32,34-39,42-48,50-53,55-60H,12-14H2,1-2H3/t24-,25-,26-,30+,31-,32+,34+,35-,36+,37+,38-,39+,42+,43-,44+/m1/s1. The van der Waals surface area contributed by atoms with Gasteiger partial charge in [0, 0.05) is 23.8 Å². The second-order valence-electron chi connectivity index (χ2n) is 16.1. The van der Waals surface area contributed by atoms with Crippen LogP contribution in [0.3, 0.4) is 0 Å². The Morgan fingerprint density at radius 3 is 1.67 bits per heavy atom. The molecule has 14 N–H and O–H groups in total. The molecule has 3 aliphatic heterocycles. The number of phenols is 3. The minimum absolute atomic E-state index is 0.0289. The Hall–Kier alpha value is -6.08. The fourth-order valence-corrected chi connectivity index (χ4v) is 7.64. The molecule has 26 heteroatoms. The minimum Gasteiger partial charge on any atom is -0.508 e. The summed E-state index contributed by atoms with van der Waals surface area (Å²) < 4.78 is 55.8. The Labute approximate surface area is 393 Å². The lowest BCUT2D eigenvalue weighted by molar-refractivity contribution is -0.282. The number of methoxy groups -OCH3 is 2. The highest BCUT2D eigenvalue weighted by Crippen LogP contribution is 2.42. The van der Waals surface area contributed by atoms with Crippen molar-refractivity contribution in [2.45, 2.75) is 92.1 Å². The number of hydrogen-bond donors (Lipinski definition) is 14. The van der Waals surface area contributed by atoms with E-state index in [4.69, 9.17) is 47.0 Å². The van der Waals surface area contributed by atoms with Gasteiger partial charge in [0.25, 0.3) is 0 Å².